The Morgan fingerprint density at radius 3 is 2.80 bits per heavy atom. The van der Waals surface area contributed by atoms with Gasteiger partial charge in [-0.3, -0.25) is 4.79 Å². The Morgan fingerprint density at radius 1 is 1.30 bits per heavy atom. The molecule has 3 atom stereocenters. The topological polar surface area (TPSA) is 46.3 Å². The van der Waals surface area contributed by atoms with Crippen LogP contribution >= 0.6 is 11.6 Å². The van der Waals surface area contributed by atoms with Gasteiger partial charge in [0.25, 0.3) is 5.91 Å². The van der Waals surface area contributed by atoms with Gasteiger partial charge in [-0.15, -0.1) is 0 Å². The van der Waals surface area contributed by atoms with Crippen LogP contribution in [0.2, 0.25) is 5.02 Å². The lowest BCUT2D eigenvalue weighted by Crippen LogP contribution is -2.32. The quantitative estimate of drug-likeness (QED) is 0.865. The van der Waals surface area contributed by atoms with Gasteiger partial charge in [-0.25, -0.2) is 0 Å². The van der Waals surface area contributed by atoms with Crippen LogP contribution in [0.3, 0.4) is 0 Å². The normalized spacial score (nSPS) is 29.4. The Bertz CT molecular complexity index is 531. The van der Waals surface area contributed by atoms with Crippen LogP contribution in [0.25, 0.3) is 0 Å². The van der Waals surface area contributed by atoms with Crippen molar-refractivity contribution in [1.29, 1.82) is 0 Å². The first-order valence-corrected chi connectivity index (χ1v) is 7.73. The number of carbonyl (C=O) groups is 1. The van der Waals surface area contributed by atoms with Crippen LogP contribution in [-0.4, -0.2) is 29.9 Å². The van der Waals surface area contributed by atoms with Crippen LogP contribution < -0.4 is 5.73 Å². The van der Waals surface area contributed by atoms with Crippen molar-refractivity contribution >= 4 is 17.5 Å². The molecular formula is C16H21ClN2O. The van der Waals surface area contributed by atoms with Gasteiger partial charge in [0.2, 0.25) is 0 Å². The second kappa shape index (κ2) is 5.38. The maximum absolute atomic E-state index is 12.6. The Hall–Kier alpha value is -1.06. The van der Waals surface area contributed by atoms with E-state index in [1.807, 2.05) is 24.0 Å². The molecule has 0 radical (unpaired) electrons. The molecule has 1 aromatic rings. The van der Waals surface area contributed by atoms with E-state index in [0.29, 0.717) is 28.5 Å². The predicted octanol–water partition coefficient (Wildman–Crippen LogP) is 2.85. The number of fused-ring (bicyclic) bond motifs is 1. The maximum Gasteiger partial charge on any atom is 0.253 e. The molecule has 0 bridgehead atoms. The SMILES string of the molecule is Cc1ccc(C(=O)N2C[C@H]3CCC(N)C[C@H]3C2)cc1Cl. The van der Waals surface area contributed by atoms with E-state index in [-0.39, 0.29) is 5.91 Å². The highest BCUT2D eigenvalue weighted by Gasteiger charge is 2.38. The number of benzene rings is 1. The van der Waals surface area contributed by atoms with E-state index < -0.39 is 0 Å². The number of nitrogens with two attached hydrogens (primary N) is 1. The second-order valence-electron chi connectivity index (χ2n) is 6.27. The van der Waals surface area contributed by atoms with Gasteiger partial charge >= 0.3 is 0 Å². The zero-order valence-corrected chi connectivity index (χ0v) is 12.6. The lowest BCUT2D eigenvalue weighted by Gasteiger charge is -2.27. The predicted molar refractivity (Wildman–Crippen MR) is 80.9 cm³/mol. The lowest BCUT2D eigenvalue weighted by atomic mass is 9.79. The number of halogens is 1. The van der Waals surface area contributed by atoms with Crippen LogP contribution in [0.5, 0.6) is 0 Å². The molecule has 1 amide bonds. The molecule has 1 heterocycles. The van der Waals surface area contributed by atoms with E-state index in [4.69, 9.17) is 17.3 Å². The number of hydrogen-bond donors (Lipinski definition) is 1. The highest BCUT2D eigenvalue weighted by Crippen LogP contribution is 2.36. The van der Waals surface area contributed by atoms with Gasteiger partial charge in [-0.1, -0.05) is 17.7 Å². The highest BCUT2D eigenvalue weighted by molar-refractivity contribution is 6.31. The van der Waals surface area contributed by atoms with E-state index >= 15 is 0 Å². The fraction of sp³-hybridized carbons (Fsp3) is 0.562. The molecule has 0 aromatic heterocycles. The molecule has 108 valence electrons. The van der Waals surface area contributed by atoms with Crippen molar-refractivity contribution in [2.24, 2.45) is 17.6 Å². The van der Waals surface area contributed by atoms with Crippen LogP contribution in [-0.2, 0) is 0 Å². The molecule has 3 nitrogen and oxygen atoms in total. The molecule has 2 fully saturated rings. The van der Waals surface area contributed by atoms with Gasteiger partial charge in [0.1, 0.15) is 0 Å². The first kappa shape index (κ1) is 13.9. The molecule has 3 rings (SSSR count). The fourth-order valence-electron chi connectivity index (χ4n) is 3.54. The third-order valence-corrected chi connectivity index (χ3v) is 5.20. The van der Waals surface area contributed by atoms with Crippen molar-refractivity contribution in [3.63, 3.8) is 0 Å². The molecule has 1 unspecified atom stereocenters. The third kappa shape index (κ3) is 2.57. The molecule has 1 aliphatic heterocycles. The summed E-state index contributed by atoms with van der Waals surface area (Å²) in [6.07, 6.45) is 3.31. The van der Waals surface area contributed by atoms with E-state index in [1.54, 1.807) is 6.07 Å². The van der Waals surface area contributed by atoms with Crippen molar-refractivity contribution in [3.8, 4) is 0 Å². The number of rotatable bonds is 1. The zero-order chi connectivity index (χ0) is 14.3. The molecule has 1 saturated carbocycles. The summed E-state index contributed by atoms with van der Waals surface area (Å²) in [4.78, 5) is 14.6. The van der Waals surface area contributed by atoms with E-state index in [0.717, 1.165) is 37.9 Å². The van der Waals surface area contributed by atoms with Crippen LogP contribution in [0.15, 0.2) is 18.2 Å². The molecule has 2 N–H and O–H groups in total. The maximum atomic E-state index is 12.6. The van der Waals surface area contributed by atoms with Crippen molar-refractivity contribution < 1.29 is 4.79 Å². The van der Waals surface area contributed by atoms with E-state index in [1.165, 1.54) is 0 Å². The van der Waals surface area contributed by atoms with Gasteiger partial charge in [-0.05, 0) is 55.7 Å². The minimum atomic E-state index is 0.106. The molecule has 1 saturated heterocycles. The Morgan fingerprint density at radius 2 is 2.05 bits per heavy atom. The summed E-state index contributed by atoms with van der Waals surface area (Å²) < 4.78 is 0. The van der Waals surface area contributed by atoms with Crippen LogP contribution in [0.4, 0.5) is 0 Å². The van der Waals surface area contributed by atoms with Gasteiger partial charge in [-0.2, -0.15) is 0 Å². The monoisotopic (exact) mass is 292 g/mol. The largest absolute Gasteiger partial charge is 0.338 e. The summed E-state index contributed by atoms with van der Waals surface area (Å²) in [5, 5.41) is 0.662. The van der Waals surface area contributed by atoms with Crippen LogP contribution in [0, 0.1) is 18.8 Å². The van der Waals surface area contributed by atoms with Gasteiger partial charge in [0.15, 0.2) is 0 Å². The number of likely N-dealkylation sites (tertiary alicyclic amines) is 1. The third-order valence-electron chi connectivity index (χ3n) is 4.80. The lowest BCUT2D eigenvalue weighted by molar-refractivity contribution is 0.0784. The molecular weight excluding hydrogens is 272 g/mol. The summed E-state index contributed by atoms with van der Waals surface area (Å²) in [6, 6.07) is 5.89. The summed E-state index contributed by atoms with van der Waals surface area (Å²) in [6.45, 7) is 3.67. The zero-order valence-electron chi connectivity index (χ0n) is 11.8. The molecule has 20 heavy (non-hydrogen) atoms. The average Bonchev–Trinajstić information content (AvgIpc) is 2.84. The summed E-state index contributed by atoms with van der Waals surface area (Å²) in [5.74, 6) is 1.33. The Labute approximate surface area is 125 Å². The minimum absolute atomic E-state index is 0.106. The van der Waals surface area contributed by atoms with Crippen LogP contribution in [0.1, 0.15) is 35.2 Å². The Kier molecular flexibility index (Phi) is 3.74. The number of hydrogen-bond acceptors (Lipinski definition) is 2. The second-order valence-corrected chi connectivity index (χ2v) is 6.67. The van der Waals surface area contributed by atoms with Gasteiger partial charge in [0.05, 0.1) is 0 Å². The molecule has 4 heteroatoms. The van der Waals surface area contributed by atoms with Crippen molar-refractivity contribution in [1.82, 2.24) is 4.90 Å². The van der Waals surface area contributed by atoms with Gasteiger partial charge in [0, 0.05) is 29.7 Å². The molecule has 1 aromatic carbocycles. The first-order valence-electron chi connectivity index (χ1n) is 7.35. The summed E-state index contributed by atoms with van der Waals surface area (Å²) in [5.41, 5.74) is 7.74. The summed E-state index contributed by atoms with van der Waals surface area (Å²) >= 11 is 6.12. The molecule has 0 spiro atoms. The number of aryl methyl sites for hydroxylation is 1. The number of amides is 1. The van der Waals surface area contributed by atoms with E-state index in [9.17, 15) is 4.79 Å². The molecule has 1 aliphatic carbocycles. The highest BCUT2D eigenvalue weighted by atomic mass is 35.5. The number of nitrogens with zero attached hydrogens (tertiary/aromatic N) is 1. The van der Waals surface area contributed by atoms with E-state index in [2.05, 4.69) is 0 Å². The number of carbonyl (C=O) groups excluding carboxylic acids is 1. The fourth-order valence-corrected chi connectivity index (χ4v) is 3.72. The van der Waals surface area contributed by atoms with Crippen molar-refractivity contribution in [2.45, 2.75) is 32.2 Å². The first-order chi connectivity index (χ1) is 9.54. The van der Waals surface area contributed by atoms with Gasteiger partial charge < -0.3 is 10.6 Å². The Balaban J connectivity index is 1.73. The van der Waals surface area contributed by atoms with Crippen molar-refractivity contribution in [2.75, 3.05) is 13.1 Å². The molecule has 2 aliphatic rings. The summed E-state index contributed by atoms with van der Waals surface area (Å²) in [7, 11) is 0. The van der Waals surface area contributed by atoms with Crippen molar-refractivity contribution in [3.05, 3.63) is 34.3 Å². The standard InChI is InChI=1S/C16H21ClN2O/c1-10-2-3-11(7-15(10)17)16(20)19-8-12-4-5-14(18)6-13(12)9-19/h2-3,7,12-14H,4-6,8-9,18H2,1H3/t12-,13+,14?/m1/s1. The minimum Gasteiger partial charge on any atom is -0.338 e. The average molecular weight is 293 g/mol. The smallest absolute Gasteiger partial charge is 0.253 e.